The highest BCUT2D eigenvalue weighted by Crippen LogP contribution is 2.19. The van der Waals surface area contributed by atoms with E-state index in [1.165, 1.54) is 24.8 Å². The summed E-state index contributed by atoms with van der Waals surface area (Å²) in [5.41, 5.74) is 3.69. The van der Waals surface area contributed by atoms with Crippen molar-refractivity contribution in [3.05, 3.63) is 59.2 Å². The fourth-order valence-corrected chi connectivity index (χ4v) is 3.00. The summed E-state index contributed by atoms with van der Waals surface area (Å²) < 4.78 is 0. The lowest BCUT2D eigenvalue weighted by Gasteiger charge is -2.13. The van der Waals surface area contributed by atoms with Gasteiger partial charge in [0.15, 0.2) is 0 Å². The number of aryl methyl sites for hydroxylation is 1. The standard InChI is InChI=1S/C20H25N5O/c1-15-13-18(19(26)22-12-9-16-5-3-2-4-6-16)25-20(24-15)23-14-17-7-10-21-11-8-17/h5,7-8,10-11,13H,2-4,6,9,12,14H2,1H3,(H,22,26)(H,23,24,25). The highest BCUT2D eigenvalue weighted by Gasteiger charge is 2.11. The first kappa shape index (κ1) is 18.0. The summed E-state index contributed by atoms with van der Waals surface area (Å²) in [5.74, 6) is 0.306. The van der Waals surface area contributed by atoms with Gasteiger partial charge in [0.2, 0.25) is 5.95 Å². The lowest BCUT2D eigenvalue weighted by molar-refractivity contribution is 0.0949. The van der Waals surface area contributed by atoms with Crippen molar-refractivity contribution in [1.82, 2.24) is 20.3 Å². The van der Waals surface area contributed by atoms with Crippen LogP contribution >= 0.6 is 0 Å². The van der Waals surface area contributed by atoms with Crippen molar-refractivity contribution in [2.75, 3.05) is 11.9 Å². The van der Waals surface area contributed by atoms with Crippen LogP contribution < -0.4 is 10.6 Å². The summed E-state index contributed by atoms with van der Waals surface area (Å²) in [4.78, 5) is 25.1. The second-order valence-corrected chi connectivity index (χ2v) is 6.54. The summed E-state index contributed by atoms with van der Waals surface area (Å²) in [7, 11) is 0. The quantitative estimate of drug-likeness (QED) is 0.747. The molecular formula is C20H25N5O. The van der Waals surface area contributed by atoms with E-state index >= 15 is 0 Å². The van der Waals surface area contributed by atoms with E-state index in [1.807, 2.05) is 19.1 Å². The van der Waals surface area contributed by atoms with Crippen molar-refractivity contribution < 1.29 is 4.79 Å². The van der Waals surface area contributed by atoms with Crippen LogP contribution in [0.4, 0.5) is 5.95 Å². The third kappa shape index (κ3) is 5.37. The molecule has 0 atom stereocenters. The second kappa shape index (κ2) is 9.08. The van der Waals surface area contributed by atoms with Crippen molar-refractivity contribution in [3.8, 4) is 0 Å². The van der Waals surface area contributed by atoms with Gasteiger partial charge < -0.3 is 10.6 Å². The third-order valence-electron chi connectivity index (χ3n) is 4.40. The molecule has 2 N–H and O–H groups in total. The van der Waals surface area contributed by atoms with E-state index in [2.05, 4.69) is 31.7 Å². The highest BCUT2D eigenvalue weighted by atomic mass is 16.1. The first-order valence-corrected chi connectivity index (χ1v) is 9.15. The van der Waals surface area contributed by atoms with Gasteiger partial charge in [0.25, 0.3) is 5.91 Å². The van der Waals surface area contributed by atoms with Gasteiger partial charge in [-0.2, -0.15) is 0 Å². The second-order valence-electron chi connectivity index (χ2n) is 6.54. The number of carbonyl (C=O) groups excluding carboxylic acids is 1. The smallest absolute Gasteiger partial charge is 0.270 e. The van der Waals surface area contributed by atoms with E-state index in [0.29, 0.717) is 24.7 Å². The predicted octanol–water partition coefficient (Wildman–Crippen LogP) is 3.41. The molecule has 0 aliphatic heterocycles. The Kier molecular flexibility index (Phi) is 6.30. The average molecular weight is 351 g/mol. The summed E-state index contributed by atoms with van der Waals surface area (Å²) in [6.45, 7) is 3.09. The molecule has 6 nitrogen and oxygen atoms in total. The molecule has 26 heavy (non-hydrogen) atoms. The van der Waals surface area contributed by atoms with Crippen molar-refractivity contribution in [3.63, 3.8) is 0 Å². The number of allylic oxidation sites excluding steroid dienone is 1. The largest absolute Gasteiger partial charge is 0.350 e. The molecule has 6 heteroatoms. The van der Waals surface area contributed by atoms with Crippen LogP contribution in [-0.2, 0) is 6.54 Å². The monoisotopic (exact) mass is 351 g/mol. The number of pyridine rings is 1. The van der Waals surface area contributed by atoms with Crippen molar-refractivity contribution >= 4 is 11.9 Å². The Hall–Kier alpha value is -2.76. The lowest BCUT2D eigenvalue weighted by Crippen LogP contribution is -2.26. The number of nitrogens with zero attached hydrogens (tertiary/aromatic N) is 3. The summed E-state index contributed by atoms with van der Waals surface area (Å²) in [5, 5.41) is 6.13. The minimum Gasteiger partial charge on any atom is -0.350 e. The van der Waals surface area contributed by atoms with Crippen molar-refractivity contribution in [2.45, 2.75) is 45.6 Å². The fraction of sp³-hybridized carbons (Fsp3) is 0.400. The normalized spacial score (nSPS) is 13.8. The molecule has 2 aromatic rings. The van der Waals surface area contributed by atoms with Gasteiger partial charge in [-0.3, -0.25) is 9.78 Å². The van der Waals surface area contributed by atoms with Gasteiger partial charge in [0, 0.05) is 31.2 Å². The van der Waals surface area contributed by atoms with Crippen LogP contribution in [0.15, 0.2) is 42.2 Å². The van der Waals surface area contributed by atoms with Gasteiger partial charge in [-0.1, -0.05) is 11.6 Å². The molecule has 2 aromatic heterocycles. The molecule has 0 saturated heterocycles. The van der Waals surface area contributed by atoms with Crippen LogP contribution in [0, 0.1) is 6.92 Å². The first-order chi connectivity index (χ1) is 12.7. The number of carbonyl (C=O) groups is 1. The number of nitrogens with one attached hydrogen (secondary N) is 2. The molecule has 0 spiro atoms. The molecule has 0 saturated carbocycles. The van der Waals surface area contributed by atoms with E-state index in [4.69, 9.17) is 0 Å². The Bertz CT molecular complexity index is 773. The summed E-state index contributed by atoms with van der Waals surface area (Å²) >= 11 is 0. The molecule has 136 valence electrons. The zero-order valence-corrected chi connectivity index (χ0v) is 15.2. The van der Waals surface area contributed by atoms with Gasteiger partial charge in [-0.25, -0.2) is 9.97 Å². The molecule has 0 bridgehead atoms. The average Bonchev–Trinajstić information content (AvgIpc) is 2.67. The molecule has 1 amide bonds. The number of hydrogen-bond donors (Lipinski definition) is 2. The van der Waals surface area contributed by atoms with Gasteiger partial charge in [0.05, 0.1) is 0 Å². The lowest BCUT2D eigenvalue weighted by atomic mass is 9.97. The maximum absolute atomic E-state index is 12.4. The van der Waals surface area contributed by atoms with E-state index in [1.54, 1.807) is 18.5 Å². The molecule has 1 aliphatic carbocycles. The molecule has 0 aromatic carbocycles. The summed E-state index contributed by atoms with van der Waals surface area (Å²) in [6, 6.07) is 5.57. The van der Waals surface area contributed by atoms with Crippen LogP contribution in [0.5, 0.6) is 0 Å². The highest BCUT2D eigenvalue weighted by molar-refractivity contribution is 5.92. The molecule has 0 fully saturated rings. The zero-order valence-electron chi connectivity index (χ0n) is 15.2. The summed E-state index contributed by atoms with van der Waals surface area (Å²) in [6.07, 6.45) is 11.6. The van der Waals surface area contributed by atoms with Gasteiger partial charge in [0.1, 0.15) is 5.69 Å². The minimum atomic E-state index is -0.154. The van der Waals surface area contributed by atoms with Crippen LogP contribution in [0.25, 0.3) is 0 Å². The Morgan fingerprint density at radius 1 is 1.19 bits per heavy atom. The number of anilines is 1. The maximum Gasteiger partial charge on any atom is 0.270 e. The number of aromatic nitrogens is 3. The van der Waals surface area contributed by atoms with E-state index in [9.17, 15) is 4.79 Å². The predicted molar refractivity (Wildman–Crippen MR) is 102 cm³/mol. The number of rotatable bonds is 7. The van der Waals surface area contributed by atoms with Gasteiger partial charge in [-0.15, -0.1) is 0 Å². The van der Waals surface area contributed by atoms with Gasteiger partial charge in [-0.05, 0) is 62.8 Å². The topological polar surface area (TPSA) is 79.8 Å². The minimum absolute atomic E-state index is 0.154. The van der Waals surface area contributed by atoms with Gasteiger partial charge >= 0.3 is 0 Å². The Labute approximate surface area is 154 Å². The van der Waals surface area contributed by atoms with Crippen LogP contribution in [0.1, 0.15) is 53.8 Å². The molecule has 3 rings (SSSR count). The fourth-order valence-electron chi connectivity index (χ4n) is 3.00. The van der Waals surface area contributed by atoms with Crippen molar-refractivity contribution in [1.29, 1.82) is 0 Å². The Morgan fingerprint density at radius 3 is 2.81 bits per heavy atom. The molecule has 2 heterocycles. The van der Waals surface area contributed by atoms with Crippen LogP contribution in [0.3, 0.4) is 0 Å². The maximum atomic E-state index is 12.4. The van der Waals surface area contributed by atoms with E-state index in [-0.39, 0.29) is 5.91 Å². The zero-order chi connectivity index (χ0) is 18.2. The number of amides is 1. The molecule has 0 radical (unpaired) electrons. The van der Waals surface area contributed by atoms with E-state index in [0.717, 1.165) is 24.1 Å². The Morgan fingerprint density at radius 2 is 2.04 bits per heavy atom. The third-order valence-corrected chi connectivity index (χ3v) is 4.40. The SMILES string of the molecule is Cc1cc(C(=O)NCCC2=CCCCC2)nc(NCc2ccncc2)n1. The Balaban J connectivity index is 1.55. The first-order valence-electron chi connectivity index (χ1n) is 9.15. The van der Waals surface area contributed by atoms with E-state index < -0.39 is 0 Å². The van der Waals surface area contributed by atoms with Crippen LogP contribution in [0.2, 0.25) is 0 Å². The van der Waals surface area contributed by atoms with Crippen molar-refractivity contribution in [2.24, 2.45) is 0 Å². The molecule has 0 unspecified atom stereocenters. The molecule has 1 aliphatic rings. The number of hydrogen-bond acceptors (Lipinski definition) is 5. The molecular weight excluding hydrogens is 326 g/mol. The van der Waals surface area contributed by atoms with Crippen LogP contribution in [-0.4, -0.2) is 27.4 Å².